The third kappa shape index (κ3) is 4.07. The summed E-state index contributed by atoms with van der Waals surface area (Å²) in [5, 5.41) is 3.51. The van der Waals surface area contributed by atoms with Gasteiger partial charge in [0.05, 0.1) is 7.11 Å². The maximum atomic E-state index is 5.35. The van der Waals surface area contributed by atoms with Crippen LogP contribution in [0.15, 0.2) is 48.8 Å². The van der Waals surface area contributed by atoms with E-state index in [1.54, 1.807) is 13.3 Å². The van der Waals surface area contributed by atoms with Gasteiger partial charge in [-0.25, -0.2) is 0 Å². The summed E-state index contributed by atoms with van der Waals surface area (Å²) in [5.74, 6) is 0.934. The minimum atomic E-state index is 0.397. The lowest BCUT2D eigenvalue weighted by Gasteiger charge is -2.15. The molecule has 0 aliphatic rings. The number of aromatic nitrogens is 1. The number of pyridine rings is 1. The molecule has 100 valence electrons. The van der Waals surface area contributed by atoms with Crippen LogP contribution in [-0.4, -0.2) is 18.1 Å². The Labute approximate surface area is 114 Å². The van der Waals surface area contributed by atoms with Crippen LogP contribution in [0.5, 0.6) is 5.75 Å². The topological polar surface area (TPSA) is 34.1 Å². The van der Waals surface area contributed by atoms with Crippen molar-refractivity contribution >= 4 is 0 Å². The van der Waals surface area contributed by atoms with E-state index in [9.17, 15) is 0 Å². The summed E-state index contributed by atoms with van der Waals surface area (Å²) in [6.07, 6.45) is 4.70. The number of hydrogen-bond acceptors (Lipinski definition) is 3. The SMILES string of the molecule is COc1ccccc1CNC(C)Cc1cccnc1. The van der Waals surface area contributed by atoms with E-state index >= 15 is 0 Å². The van der Waals surface area contributed by atoms with Crippen molar-refractivity contribution in [1.29, 1.82) is 0 Å². The third-order valence-electron chi connectivity index (χ3n) is 3.10. The van der Waals surface area contributed by atoms with Crippen molar-refractivity contribution in [3.63, 3.8) is 0 Å². The molecule has 0 bridgehead atoms. The first-order valence-electron chi connectivity index (χ1n) is 6.54. The van der Waals surface area contributed by atoms with Gasteiger partial charge in [-0.1, -0.05) is 24.3 Å². The monoisotopic (exact) mass is 256 g/mol. The van der Waals surface area contributed by atoms with Gasteiger partial charge in [0.25, 0.3) is 0 Å². The van der Waals surface area contributed by atoms with Gasteiger partial charge in [0.2, 0.25) is 0 Å². The molecule has 1 N–H and O–H groups in total. The lowest BCUT2D eigenvalue weighted by Crippen LogP contribution is -2.27. The Morgan fingerprint density at radius 2 is 2.05 bits per heavy atom. The van der Waals surface area contributed by atoms with Gasteiger partial charge in [0.15, 0.2) is 0 Å². The summed E-state index contributed by atoms with van der Waals surface area (Å²) in [4.78, 5) is 4.14. The number of rotatable bonds is 6. The summed E-state index contributed by atoms with van der Waals surface area (Å²) in [7, 11) is 1.71. The second kappa shape index (κ2) is 6.90. The molecule has 0 aliphatic carbocycles. The molecule has 0 fully saturated rings. The van der Waals surface area contributed by atoms with Crippen molar-refractivity contribution in [3.05, 3.63) is 59.9 Å². The van der Waals surface area contributed by atoms with Crippen LogP contribution in [0.2, 0.25) is 0 Å². The number of nitrogens with zero attached hydrogens (tertiary/aromatic N) is 1. The summed E-state index contributed by atoms with van der Waals surface area (Å²) >= 11 is 0. The Hall–Kier alpha value is -1.87. The minimum absolute atomic E-state index is 0.397. The zero-order chi connectivity index (χ0) is 13.5. The van der Waals surface area contributed by atoms with Crippen LogP contribution in [0, 0.1) is 0 Å². The highest BCUT2D eigenvalue weighted by Crippen LogP contribution is 2.17. The first-order valence-corrected chi connectivity index (χ1v) is 6.54. The molecule has 1 atom stereocenters. The molecule has 1 aromatic heterocycles. The van der Waals surface area contributed by atoms with Crippen molar-refractivity contribution < 1.29 is 4.74 Å². The normalized spacial score (nSPS) is 12.1. The zero-order valence-corrected chi connectivity index (χ0v) is 11.5. The van der Waals surface area contributed by atoms with Crippen molar-refractivity contribution in [3.8, 4) is 5.75 Å². The summed E-state index contributed by atoms with van der Waals surface area (Å²) in [6.45, 7) is 2.99. The second-order valence-corrected chi connectivity index (χ2v) is 4.66. The van der Waals surface area contributed by atoms with Crippen LogP contribution in [-0.2, 0) is 13.0 Å². The molecule has 0 spiro atoms. The van der Waals surface area contributed by atoms with Gasteiger partial charge in [-0.15, -0.1) is 0 Å². The van der Waals surface area contributed by atoms with E-state index < -0.39 is 0 Å². The van der Waals surface area contributed by atoms with Crippen LogP contribution in [0.3, 0.4) is 0 Å². The molecule has 1 heterocycles. The predicted molar refractivity (Wildman–Crippen MR) is 77.2 cm³/mol. The Morgan fingerprint density at radius 1 is 1.21 bits per heavy atom. The highest BCUT2D eigenvalue weighted by molar-refractivity contribution is 5.33. The van der Waals surface area contributed by atoms with Crippen molar-refractivity contribution in [2.75, 3.05) is 7.11 Å². The first kappa shape index (κ1) is 13.6. The number of methoxy groups -OCH3 is 1. The van der Waals surface area contributed by atoms with Gasteiger partial charge in [-0.05, 0) is 31.0 Å². The molecule has 3 heteroatoms. The van der Waals surface area contributed by atoms with Gasteiger partial charge in [0.1, 0.15) is 5.75 Å². The van der Waals surface area contributed by atoms with Crippen LogP contribution < -0.4 is 10.1 Å². The average Bonchev–Trinajstić information content (AvgIpc) is 2.46. The highest BCUT2D eigenvalue weighted by atomic mass is 16.5. The van der Waals surface area contributed by atoms with E-state index in [1.807, 2.05) is 30.5 Å². The van der Waals surface area contributed by atoms with Crippen LogP contribution in [0.4, 0.5) is 0 Å². The number of para-hydroxylation sites is 1. The van der Waals surface area contributed by atoms with Crippen LogP contribution in [0.25, 0.3) is 0 Å². The molecule has 19 heavy (non-hydrogen) atoms. The van der Waals surface area contributed by atoms with Crippen LogP contribution >= 0.6 is 0 Å². The Balaban J connectivity index is 1.88. The largest absolute Gasteiger partial charge is 0.496 e. The molecular weight excluding hydrogens is 236 g/mol. The van der Waals surface area contributed by atoms with Gasteiger partial charge >= 0.3 is 0 Å². The predicted octanol–water partition coefficient (Wildman–Crippen LogP) is 2.81. The van der Waals surface area contributed by atoms with E-state index in [0.717, 1.165) is 18.7 Å². The van der Waals surface area contributed by atoms with Gasteiger partial charge in [-0.2, -0.15) is 0 Å². The maximum absolute atomic E-state index is 5.35. The number of benzene rings is 1. The number of hydrogen-bond donors (Lipinski definition) is 1. The lowest BCUT2D eigenvalue weighted by atomic mass is 10.1. The molecule has 0 aliphatic heterocycles. The summed E-state index contributed by atoms with van der Waals surface area (Å²) in [5.41, 5.74) is 2.44. The average molecular weight is 256 g/mol. The van der Waals surface area contributed by atoms with E-state index in [4.69, 9.17) is 4.74 Å². The summed E-state index contributed by atoms with van der Waals surface area (Å²) in [6, 6.07) is 12.6. The number of nitrogens with one attached hydrogen (secondary N) is 1. The Kier molecular flexibility index (Phi) is 4.93. The maximum Gasteiger partial charge on any atom is 0.123 e. The fourth-order valence-electron chi connectivity index (χ4n) is 2.08. The molecule has 2 aromatic rings. The first-order chi connectivity index (χ1) is 9.29. The van der Waals surface area contributed by atoms with E-state index in [2.05, 4.69) is 29.4 Å². The Morgan fingerprint density at radius 3 is 2.79 bits per heavy atom. The summed E-state index contributed by atoms with van der Waals surface area (Å²) < 4.78 is 5.35. The zero-order valence-electron chi connectivity index (χ0n) is 11.5. The fraction of sp³-hybridized carbons (Fsp3) is 0.312. The van der Waals surface area contributed by atoms with Crippen molar-refractivity contribution in [1.82, 2.24) is 10.3 Å². The Bertz CT molecular complexity index is 499. The van der Waals surface area contributed by atoms with Crippen molar-refractivity contribution in [2.45, 2.75) is 25.9 Å². The molecule has 2 rings (SSSR count). The van der Waals surface area contributed by atoms with Crippen molar-refractivity contribution in [2.24, 2.45) is 0 Å². The van der Waals surface area contributed by atoms with Gasteiger partial charge < -0.3 is 10.1 Å². The quantitative estimate of drug-likeness (QED) is 0.863. The molecule has 3 nitrogen and oxygen atoms in total. The molecule has 0 saturated carbocycles. The molecular formula is C16H20N2O. The molecule has 1 aromatic carbocycles. The molecule has 0 radical (unpaired) electrons. The lowest BCUT2D eigenvalue weighted by molar-refractivity contribution is 0.405. The number of ether oxygens (including phenoxy) is 1. The fourth-order valence-corrected chi connectivity index (χ4v) is 2.08. The molecule has 0 amide bonds. The van der Waals surface area contributed by atoms with Crippen LogP contribution in [0.1, 0.15) is 18.1 Å². The smallest absolute Gasteiger partial charge is 0.123 e. The van der Waals surface area contributed by atoms with E-state index in [1.165, 1.54) is 11.1 Å². The molecule has 1 unspecified atom stereocenters. The highest BCUT2D eigenvalue weighted by Gasteiger charge is 2.06. The van der Waals surface area contributed by atoms with E-state index in [0.29, 0.717) is 6.04 Å². The van der Waals surface area contributed by atoms with Gasteiger partial charge in [-0.3, -0.25) is 4.98 Å². The van der Waals surface area contributed by atoms with Gasteiger partial charge in [0, 0.05) is 30.5 Å². The second-order valence-electron chi connectivity index (χ2n) is 4.66. The molecule has 0 saturated heterocycles. The van der Waals surface area contributed by atoms with E-state index in [-0.39, 0.29) is 0 Å². The third-order valence-corrected chi connectivity index (χ3v) is 3.10. The standard InChI is InChI=1S/C16H20N2O/c1-13(10-14-6-5-9-17-11-14)18-12-15-7-3-4-8-16(15)19-2/h3-9,11,13,18H,10,12H2,1-2H3. The minimum Gasteiger partial charge on any atom is -0.496 e.